The van der Waals surface area contributed by atoms with Crippen molar-refractivity contribution in [2.75, 3.05) is 26.2 Å². The van der Waals surface area contributed by atoms with Crippen molar-refractivity contribution in [3.63, 3.8) is 0 Å². The van der Waals surface area contributed by atoms with Gasteiger partial charge in [0.1, 0.15) is 11.6 Å². The molecule has 1 atom stereocenters. The van der Waals surface area contributed by atoms with Gasteiger partial charge in [0.25, 0.3) is 11.8 Å². The van der Waals surface area contributed by atoms with Gasteiger partial charge in [-0.3, -0.25) is 9.59 Å². The van der Waals surface area contributed by atoms with Crippen molar-refractivity contribution in [1.29, 1.82) is 0 Å². The van der Waals surface area contributed by atoms with Crippen molar-refractivity contribution in [3.8, 4) is 5.75 Å². The Hall–Kier alpha value is -2.31. The second-order valence-corrected chi connectivity index (χ2v) is 7.36. The number of benzene rings is 2. The van der Waals surface area contributed by atoms with Gasteiger partial charge in [0.15, 0.2) is 6.10 Å². The molecule has 0 bridgehead atoms. The number of ether oxygens (including phenoxy) is 1. The molecule has 28 heavy (non-hydrogen) atoms. The highest BCUT2D eigenvalue weighted by atomic mass is 35.5. The maximum absolute atomic E-state index is 13.0. The van der Waals surface area contributed by atoms with Gasteiger partial charge in [0, 0.05) is 41.8 Å². The van der Waals surface area contributed by atoms with E-state index < -0.39 is 6.10 Å². The molecule has 1 aliphatic rings. The molecule has 8 heteroatoms. The van der Waals surface area contributed by atoms with Crippen LogP contribution in [0, 0.1) is 5.82 Å². The topological polar surface area (TPSA) is 49.9 Å². The summed E-state index contributed by atoms with van der Waals surface area (Å²) in [6.45, 7) is 3.25. The zero-order valence-corrected chi connectivity index (χ0v) is 16.7. The Balaban J connectivity index is 1.56. The molecule has 1 aliphatic heterocycles. The molecule has 2 amide bonds. The molecule has 5 nitrogen and oxygen atoms in total. The molecular weight excluding hydrogens is 406 g/mol. The first-order valence-electron chi connectivity index (χ1n) is 8.80. The van der Waals surface area contributed by atoms with Crippen LogP contribution in [-0.2, 0) is 4.79 Å². The number of carbonyl (C=O) groups is 2. The van der Waals surface area contributed by atoms with Crippen LogP contribution in [0.15, 0.2) is 42.5 Å². The van der Waals surface area contributed by atoms with Crippen LogP contribution in [-0.4, -0.2) is 53.9 Å². The Morgan fingerprint density at radius 2 is 1.50 bits per heavy atom. The van der Waals surface area contributed by atoms with Gasteiger partial charge >= 0.3 is 0 Å². The molecule has 1 fully saturated rings. The van der Waals surface area contributed by atoms with E-state index in [1.54, 1.807) is 34.9 Å². The number of rotatable bonds is 4. The number of halogens is 3. The van der Waals surface area contributed by atoms with Gasteiger partial charge < -0.3 is 14.5 Å². The quantitative estimate of drug-likeness (QED) is 0.747. The van der Waals surface area contributed by atoms with Crippen LogP contribution in [0.25, 0.3) is 0 Å². The van der Waals surface area contributed by atoms with Gasteiger partial charge in [0.05, 0.1) is 0 Å². The molecule has 1 unspecified atom stereocenters. The zero-order valence-electron chi connectivity index (χ0n) is 15.2. The van der Waals surface area contributed by atoms with Crippen LogP contribution in [0.5, 0.6) is 5.75 Å². The van der Waals surface area contributed by atoms with Crippen molar-refractivity contribution in [3.05, 3.63) is 63.9 Å². The van der Waals surface area contributed by atoms with Gasteiger partial charge in [-0.25, -0.2) is 4.39 Å². The lowest BCUT2D eigenvalue weighted by Gasteiger charge is -2.36. The first-order valence-corrected chi connectivity index (χ1v) is 9.55. The molecule has 0 aliphatic carbocycles. The normalized spacial score (nSPS) is 15.3. The maximum Gasteiger partial charge on any atom is 0.263 e. The molecular formula is C20H19Cl2FN2O3. The van der Waals surface area contributed by atoms with Crippen molar-refractivity contribution >= 4 is 35.0 Å². The summed E-state index contributed by atoms with van der Waals surface area (Å²) >= 11 is 11.9. The summed E-state index contributed by atoms with van der Waals surface area (Å²) < 4.78 is 18.6. The number of carbonyl (C=O) groups excluding carboxylic acids is 2. The lowest BCUT2D eigenvalue weighted by atomic mass is 10.1. The maximum atomic E-state index is 13.0. The highest BCUT2D eigenvalue weighted by molar-refractivity contribution is 6.35. The third-order valence-electron chi connectivity index (χ3n) is 4.46. The molecule has 1 heterocycles. The smallest absolute Gasteiger partial charge is 0.263 e. The highest BCUT2D eigenvalue weighted by Crippen LogP contribution is 2.21. The Morgan fingerprint density at radius 1 is 0.964 bits per heavy atom. The third-order valence-corrected chi connectivity index (χ3v) is 4.90. The standard InChI is InChI=1S/C20H19Cl2FN2O3/c1-13(28-18-4-2-17(23)3-5-18)19(26)24-6-8-25(9-7-24)20(27)14-10-15(21)12-16(22)11-14/h2-5,10-13H,6-9H2,1H3. The highest BCUT2D eigenvalue weighted by Gasteiger charge is 2.28. The Bertz CT molecular complexity index is 848. The molecule has 2 aromatic rings. The van der Waals surface area contributed by atoms with Crippen LogP contribution >= 0.6 is 23.2 Å². The van der Waals surface area contributed by atoms with Crippen LogP contribution in [0.3, 0.4) is 0 Å². The van der Waals surface area contributed by atoms with E-state index in [1.165, 1.54) is 24.3 Å². The fourth-order valence-corrected chi connectivity index (χ4v) is 3.54. The van der Waals surface area contributed by atoms with Gasteiger partial charge in [0.2, 0.25) is 0 Å². The summed E-state index contributed by atoms with van der Waals surface area (Å²) in [6, 6.07) is 10.2. The molecule has 2 aromatic carbocycles. The van der Waals surface area contributed by atoms with E-state index in [4.69, 9.17) is 27.9 Å². The fourth-order valence-electron chi connectivity index (χ4n) is 3.01. The van der Waals surface area contributed by atoms with Crippen LogP contribution < -0.4 is 4.74 Å². The van der Waals surface area contributed by atoms with Crippen molar-refractivity contribution < 1.29 is 18.7 Å². The van der Waals surface area contributed by atoms with E-state index in [1.807, 2.05) is 0 Å². The van der Waals surface area contributed by atoms with Gasteiger partial charge in [-0.1, -0.05) is 23.2 Å². The average Bonchev–Trinajstić information content (AvgIpc) is 2.68. The van der Waals surface area contributed by atoms with Crippen LogP contribution in [0.1, 0.15) is 17.3 Å². The summed E-state index contributed by atoms with van der Waals surface area (Å²) in [7, 11) is 0. The largest absolute Gasteiger partial charge is 0.481 e. The van der Waals surface area contributed by atoms with Gasteiger partial charge in [-0.2, -0.15) is 0 Å². The SMILES string of the molecule is CC(Oc1ccc(F)cc1)C(=O)N1CCN(C(=O)c2cc(Cl)cc(Cl)c2)CC1. The minimum absolute atomic E-state index is 0.174. The Kier molecular flexibility index (Phi) is 6.42. The summed E-state index contributed by atoms with van der Waals surface area (Å²) in [6.07, 6.45) is -0.709. The van der Waals surface area contributed by atoms with E-state index in [9.17, 15) is 14.0 Å². The van der Waals surface area contributed by atoms with Crippen molar-refractivity contribution in [2.24, 2.45) is 0 Å². The number of nitrogens with zero attached hydrogens (tertiary/aromatic N) is 2. The van der Waals surface area contributed by atoms with E-state index in [2.05, 4.69) is 0 Å². The predicted molar refractivity (Wildman–Crippen MR) is 105 cm³/mol. The summed E-state index contributed by atoms with van der Waals surface area (Å²) in [5.74, 6) is -0.295. The first kappa shape index (κ1) is 20.4. The molecule has 3 rings (SSSR count). The lowest BCUT2D eigenvalue weighted by Crippen LogP contribution is -2.53. The third kappa shape index (κ3) is 4.94. The minimum atomic E-state index is -0.709. The summed E-state index contributed by atoms with van der Waals surface area (Å²) in [5, 5.41) is 0.799. The van der Waals surface area contributed by atoms with E-state index >= 15 is 0 Å². The molecule has 0 spiro atoms. The summed E-state index contributed by atoms with van der Waals surface area (Å²) in [5.41, 5.74) is 0.422. The minimum Gasteiger partial charge on any atom is -0.481 e. The average molecular weight is 425 g/mol. The number of piperazine rings is 1. The number of amides is 2. The molecule has 1 saturated heterocycles. The zero-order chi connectivity index (χ0) is 20.3. The molecule has 0 radical (unpaired) electrons. The second kappa shape index (κ2) is 8.80. The fraction of sp³-hybridized carbons (Fsp3) is 0.300. The first-order chi connectivity index (χ1) is 13.3. The van der Waals surface area contributed by atoms with Gasteiger partial charge in [-0.15, -0.1) is 0 Å². The monoisotopic (exact) mass is 424 g/mol. The second-order valence-electron chi connectivity index (χ2n) is 6.49. The van der Waals surface area contributed by atoms with Crippen LogP contribution in [0.4, 0.5) is 4.39 Å². The molecule has 0 N–H and O–H groups in total. The Labute approximate surface area is 172 Å². The predicted octanol–water partition coefficient (Wildman–Crippen LogP) is 3.88. The molecule has 148 valence electrons. The van der Waals surface area contributed by atoms with Crippen molar-refractivity contribution in [1.82, 2.24) is 9.80 Å². The van der Waals surface area contributed by atoms with Crippen molar-refractivity contribution in [2.45, 2.75) is 13.0 Å². The van der Waals surface area contributed by atoms with E-state index in [-0.39, 0.29) is 17.6 Å². The van der Waals surface area contributed by atoms with Gasteiger partial charge in [-0.05, 0) is 49.4 Å². The van der Waals surface area contributed by atoms with E-state index in [0.29, 0.717) is 47.5 Å². The number of hydrogen-bond acceptors (Lipinski definition) is 3. The summed E-state index contributed by atoms with van der Waals surface area (Å²) in [4.78, 5) is 28.5. The molecule has 0 aromatic heterocycles. The lowest BCUT2D eigenvalue weighted by molar-refractivity contribution is -0.139. The van der Waals surface area contributed by atoms with Crippen LogP contribution in [0.2, 0.25) is 10.0 Å². The molecule has 0 saturated carbocycles. The Morgan fingerprint density at radius 3 is 2.07 bits per heavy atom. The number of hydrogen-bond donors (Lipinski definition) is 0. The van der Waals surface area contributed by atoms with E-state index in [0.717, 1.165) is 0 Å².